The molecule has 158 valence electrons. The number of anilines is 1. The monoisotopic (exact) mass is 413 g/mol. The van der Waals surface area contributed by atoms with Crippen molar-refractivity contribution in [2.24, 2.45) is 0 Å². The highest BCUT2D eigenvalue weighted by molar-refractivity contribution is 6.17. The quantitative estimate of drug-likeness (QED) is 0.693. The molecule has 0 bridgehead atoms. The molecule has 2 aliphatic rings. The summed E-state index contributed by atoms with van der Waals surface area (Å²) in [7, 11) is 1.98. The highest BCUT2D eigenvalue weighted by Crippen LogP contribution is 2.37. The molecule has 0 unspecified atom stereocenters. The first kappa shape index (κ1) is 21.1. The highest BCUT2D eigenvalue weighted by Gasteiger charge is 2.34. The van der Waals surface area contributed by atoms with Gasteiger partial charge in [0, 0.05) is 19.2 Å². The zero-order chi connectivity index (χ0) is 21.2. The number of aliphatic hydroxyl groups excluding tert-OH is 1. The summed E-state index contributed by atoms with van der Waals surface area (Å²) in [6.45, 7) is 1.01. The Morgan fingerprint density at radius 2 is 1.93 bits per heavy atom. The van der Waals surface area contributed by atoms with Crippen LogP contribution in [0.3, 0.4) is 0 Å². The van der Waals surface area contributed by atoms with Crippen molar-refractivity contribution < 1.29 is 32.6 Å². The van der Waals surface area contributed by atoms with Gasteiger partial charge >= 0.3 is 6.18 Å². The van der Waals surface area contributed by atoms with Gasteiger partial charge < -0.3 is 20.1 Å². The van der Waals surface area contributed by atoms with Gasteiger partial charge in [0.1, 0.15) is 17.6 Å². The molecule has 0 radical (unpaired) electrons. The number of hydrogen-bond donors (Lipinski definition) is 2. The van der Waals surface area contributed by atoms with Gasteiger partial charge in [-0.05, 0) is 38.1 Å². The van der Waals surface area contributed by atoms with E-state index in [4.69, 9.17) is 9.84 Å². The van der Waals surface area contributed by atoms with Gasteiger partial charge in [0.15, 0.2) is 0 Å². The zero-order valence-corrected chi connectivity index (χ0v) is 15.8. The lowest BCUT2D eigenvalue weighted by Crippen LogP contribution is -2.36. The molecule has 2 heterocycles. The first-order chi connectivity index (χ1) is 13.7. The van der Waals surface area contributed by atoms with E-state index >= 15 is 0 Å². The number of carbonyl (C=O) groups excluding carboxylic acids is 2. The predicted octanol–water partition coefficient (Wildman–Crippen LogP) is 1.84. The second-order valence-electron chi connectivity index (χ2n) is 7.03. The second kappa shape index (κ2) is 8.42. The van der Waals surface area contributed by atoms with E-state index in [0.29, 0.717) is 0 Å². The Bertz CT molecular complexity index is 817. The fourth-order valence-electron chi connectivity index (χ4n) is 3.24. The fraction of sp³-hybridized carbons (Fsp3) is 0.474. The molecule has 0 aliphatic carbocycles. The summed E-state index contributed by atoms with van der Waals surface area (Å²) in [4.78, 5) is 27.2. The maximum Gasteiger partial charge on any atom is 0.416 e. The van der Waals surface area contributed by atoms with Gasteiger partial charge in [0.05, 0.1) is 24.4 Å². The maximum absolute atomic E-state index is 13.2. The van der Waals surface area contributed by atoms with Crippen molar-refractivity contribution in [1.82, 2.24) is 9.80 Å². The van der Waals surface area contributed by atoms with E-state index in [9.17, 15) is 22.8 Å². The number of ether oxygens (including phenoxy) is 1. The van der Waals surface area contributed by atoms with Crippen molar-refractivity contribution in [2.45, 2.75) is 25.1 Å². The molecule has 1 aromatic rings. The van der Waals surface area contributed by atoms with Gasteiger partial charge in [0.25, 0.3) is 11.8 Å². The standard InChI is InChI=1S/C19H22F3N3O4/c1-24-6-4-13(5-7-24)29-16-3-2-12(19(20,21)22)10-14(16)23-15-11-17(27)25(8-9-26)18(15)28/h2-3,10-11,13,23,26H,4-9H2,1H3. The van der Waals surface area contributed by atoms with E-state index in [1.807, 2.05) is 7.05 Å². The molecule has 2 aliphatic heterocycles. The summed E-state index contributed by atoms with van der Waals surface area (Å²) in [5, 5.41) is 11.6. The van der Waals surface area contributed by atoms with Crippen molar-refractivity contribution in [3.8, 4) is 5.75 Å². The van der Waals surface area contributed by atoms with Crippen LogP contribution in [0, 0.1) is 0 Å². The topological polar surface area (TPSA) is 82.1 Å². The number of aliphatic hydroxyl groups is 1. The molecular formula is C19H22F3N3O4. The SMILES string of the molecule is CN1CCC(Oc2ccc(C(F)(F)F)cc2NC2=CC(=O)N(CCO)C2=O)CC1. The molecule has 0 spiro atoms. The maximum atomic E-state index is 13.2. The van der Waals surface area contributed by atoms with Gasteiger partial charge in [-0.1, -0.05) is 0 Å². The Balaban J connectivity index is 1.85. The largest absolute Gasteiger partial charge is 0.488 e. The number of amides is 2. The molecule has 7 nitrogen and oxygen atoms in total. The predicted molar refractivity (Wildman–Crippen MR) is 98.1 cm³/mol. The molecule has 0 atom stereocenters. The minimum atomic E-state index is -4.57. The lowest BCUT2D eigenvalue weighted by atomic mass is 10.1. The lowest BCUT2D eigenvalue weighted by Gasteiger charge is -2.30. The summed E-state index contributed by atoms with van der Waals surface area (Å²) < 4.78 is 45.4. The molecule has 2 N–H and O–H groups in total. The number of hydrogen-bond acceptors (Lipinski definition) is 6. The number of benzene rings is 1. The van der Waals surface area contributed by atoms with Crippen LogP contribution in [0.15, 0.2) is 30.0 Å². The summed E-state index contributed by atoms with van der Waals surface area (Å²) >= 11 is 0. The Labute approximate surface area is 165 Å². The normalized spacial score (nSPS) is 18.9. The second-order valence-corrected chi connectivity index (χ2v) is 7.03. The van der Waals surface area contributed by atoms with Crippen LogP contribution in [0.4, 0.5) is 18.9 Å². The molecule has 1 saturated heterocycles. The van der Waals surface area contributed by atoms with Crippen LogP contribution in [0.25, 0.3) is 0 Å². The summed E-state index contributed by atoms with van der Waals surface area (Å²) in [5.74, 6) is -1.18. The molecule has 0 aromatic heterocycles. The van der Waals surface area contributed by atoms with Crippen LogP contribution in [-0.4, -0.2) is 66.1 Å². The number of carbonyl (C=O) groups is 2. The van der Waals surface area contributed by atoms with E-state index < -0.39 is 30.2 Å². The van der Waals surface area contributed by atoms with E-state index in [1.165, 1.54) is 6.07 Å². The van der Waals surface area contributed by atoms with Gasteiger partial charge in [-0.25, -0.2) is 0 Å². The third-order valence-corrected chi connectivity index (χ3v) is 4.87. The van der Waals surface area contributed by atoms with Crippen molar-refractivity contribution in [3.63, 3.8) is 0 Å². The third-order valence-electron chi connectivity index (χ3n) is 4.87. The van der Waals surface area contributed by atoms with Crippen LogP contribution in [-0.2, 0) is 15.8 Å². The first-order valence-electron chi connectivity index (χ1n) is 9.21. The Hall–Kier alpha value is -2.59. The molecule has 1 aromatic carbocycles. The van der Waals surface area contributed by atoms with E-state index in [0.717, 1.165) is 49.0 Å². The van der Waals surface area contributed by atoms with Gasteiger partial charge in [-0.2, -0.15) is 13.2 Å². The molecule has 2 amide bonds. The Morgan fingerprint density at radius 1 is 1.24 bits per heavy atom. The first-order valence-corrected chi connectivity index (χ1v) is 9.21. The van der Waals surface area contributed by atoms with E-state index in [-0.39, 0.29) is 29.8 Å². The minimum absolute atomic E-state index is 0.0444. The van der Waals surface area contributed by atoms with Crippen LogP contribution in [0.2, 0.25) is 0 Å². The van der Waals surface area contributed by atoms with E-state index in [2.05, 4.69) is 10.2 Å². The van der Waals surface area contributed by atoms with Gasteiger partial charge in [-0.15, -0.1) is 0 Å². The van der Waals surface area contributed by atoms with Crippen molar-refractivity contribution in [2.75, 3.05) is 38.6 Å². The van der Waals surface area contributed by atoms with Crippen molar-refractivity contribution >= 4 is 17.5 Å². The molecule has 10 heteroatoms. The fourth-order valence-corrected chi connectivity index (χ4v) is 3.24. The van der Waals surface area contributed by atoms with Crippen LogP contribution in [0.1, 0.15) is 18.4 Å². The lowest BCUT2D eigenvalue weighted by molar-refractivity contribution is -0.138. The zero-order valence-electron chi connectivity index (χ0n) is 15.8. The summed E-state index contributed by atoms with van der Waals surface area (Å²) in [6.07, 6.45) is -2.29. The number of rotatable bonds is 6. The van der Waals surface area contributed by atoms with Crippen LogP contribution >= 0.6 is 0 Å². The van der Waals surface area contributed by atoms with Crippen molar-refractivity contribution in [3.05, 3.63) is 35.5 Å². The summed E-state index contributed by atoms with van der Waals surface area (Å²) in [6, 6.07) is 3.00. The number of likely N-dealkylation sites (tertiary alicyclic amines) is 1. The summed E-state index contributed by atoms with van der Waals surface area (Å²) in [5.41, 5.74) is -1.12. The van der Waals surface area contributed by atoms with Crippen LogP contribution < -0.4 is 10.1 Å². The third kappa shape index (κ3) is 4.88. The average Bonchev–Trinajstić information content (AvgIpc) is 2.92. The van der Waals surface area contributed by atoms with Gasteiger partial charge in [-0.3, -0.25) is 14.5 Å². The van der Waals surface area contributed by atoms with E-state index in [1.54, 1.807) is 0 Å². The molecule has 1 fully saturated rings. The molecule has 3 rings (SSSR count). The molecule has 29 heavy (non-hydrogen) atoms. The molecule has 0 saturated carbocycles. The number of halogens is 3. The van der Waals surface area contributed by atoms with Crippen LogP contribution in [0.5, 0.6) is 5.75 Å². The molecular weight excluding hydrogens is 391 g/mol. The Kier molecular flexibility index (Phi) is 6.13. The smallest absolute Gasteiger partial charge is 0.416 e. The average molecular weight is 413 g/mol. The number of nitrogens with zero attached hydrogens (tertiary/aromatic N) is 2. The number of nitrogens with one attached hydrogen (secondary N) is 1. The number of imide groups is 1. The number of β-amino-alcohol motifs (C(OH)–C–C–N with tert-alkyl or cyclic N) is 1. The van der Waals surface area contributed by atoms with Crippen molar-refractivity contribution in [1.29, 1.82) is 0 Å². The van der Waals surface area contributed by atoms with Gasteiger partial charge in [0.2, 0.25) is 0 Å². The highest BCUT2D eigenvalue weighted by atomic mass is 19.4. The number of alkyl halides is 3. The number of piperidine rings is 1. The minimum Gasteiger partial charge on any atom is -0.488 e. The Morgan fingerprint density at radius 3 is 2.55 bits per heavy atom.